The van der Waals surface area contributed by atoms with Gasteiger partial charge in [-0.3, -0.25) is 4.40 Å². The van der Waals surface area contributed by atoms with Crippen molar-refractivity contribution in [2.24, 2.45) is 0 Å². The molecular formula is C19H13ClN4O2S. The highest BCUT2D eigenvalue weighted by Crippen LogP contribution is 2.31. The summed E-state index contributed by atoms with van der Waals surface area (Å²) in [6.45, 7) is 1.92. The summed E-state index contributed by atoms with van der Waals surface area (Å²) in [6.07, 6.45) is 3.36. The highest BCUT2D eigenvalue weighted by atomic mass is 35.5. The Balaban J connectivity index is 1.43. The van der Waals surface area contributed by atoms with Crippen molar-refractivity contribution in [1.82, 2.24) is 19.6 Å². The van der Waals surface area contributed by atoms with Crippen LogP contribution < -0.4 is 0 Å². The predicted octanol–water partition coefficient (Wildman–Crippen LogP) is 5.38. The molecule has 5 rings (SSSR count). The monoisotopic (exact) mass is 396 g/mol. The summed E-state index contributed by atoms with van der Waals surface area (Å²) in [6, 6.07) is 11.3. The van der Waals surface area contributed by atoms with Crippen molar-refractivity contribution < 1.29 is 8.83 Å². The van der Waals surface area contributed by atoms with Gasteiger partial charge in [-0.1, -0.05) is 23.4 Å². The van der Waals surface area contributed by atoms with Gasteiger partial charge in [0.25, 0.3) is 0 Å². The smallest absolute Gasteiger partial charge is 0.226 e. The van der Waals surface area contributed by atoms with E-state index >= 15 is 0 Å². The average Bonchev–Trinajstić information content (AvgIpc) is 3.35. The van der Waals surface area contributed by atoms with Gasteiger partial charge in [-0.25, -0.2) is 4.98 Å². The van der Waals surface area contributed by atoms with Gasteiger partial charge in [-0.05, 0) is 31.2 Å². The number of benzene rings is 1. The number of hydrogen-bond acceptors (Lipinski definition) is 6. The lowest BCUT2D eigenvalue weighted by atomic mass is 10.2. The van der Waals surface area contributed by atoms with Crippen LogP contribution >= 0.6 is 23.4 Å². The van der Waals surface area contributed by atoms with Crippen LogP contribution in [0.25, 0.3) is 28.1 Å². The summed E-state index contributed by atoms with van der Waals surface area (Å²) >= 11 is 7.51. The normalized spacial score (nSPS) is 11.6. The molecule has 4 heterocycles. The van der Waals surface area contributed by atoms with Crippen LogP contribution in [0.2, 0.25) is 5.02 Å². The van der Waals surface area contributed by atoms with Crippen LogP contribution in [0.3, 0.4) is 0 Å². The van der Waals surface area contributed by atoms with E-state index in [0.717, 1.165) is 38.7 Å². The van der Waals surface area contributed by atoms with Gasteiger partial charge in [0, 0.05) is 28.5 Å². The van der Waals surface area contributed by atoms with E-state index in [1.165, 1.54) is 0 Å². The maximum atomic E-state index is 5.95. The Morgan fingerprint density at radius 3 is 2.85 bits per heavy atom. The molecule has 0 fully saturated rings. The van der Waals surface area contributed by atoms with Crippen molar-refractivity contribution in [2.45, 2.75) is 17.7 Å². The van der Waals surface area contributed by atoms with Crippen molar-refractivity contribution in [1.29, 1.82) is 0 Å². The fourth-order valence-corrected chi connectivity index (χ4v) is 4.01. The van der Waals surface area contributed by atoms with E-state index in [1.807, 2.05) is 47.7 Å². The van der Waals surface area contributed by atoms with Crippen LogP contribution in [0.1, 0.15) is 11.5 Å². The quantitative estimate of drug-likeness (QED) is 0.379. The van der Waals surface area contributed by atoms with E-state index in [4.69, 9.17) is 20.4 Å². The molecule has 5 aromatic rings. The summed E-state index contributed by atoms with van der Waals surface area (Å²) in [4.78, 5) is 4.63. The van der Waals surface area contributed by atoms with Gasteiger partial charge in [-0.2, -0.15) is 0 Å². The van der Waals surface area contributed by atoms with Crippen LogP contribution in [0.4, 0.5) is 0 Å². The lowest BCUT2D eigenvalue weighted by molar-refractivity contribution is 0.540. The Labute approximate surface area is 163 Å². The Morgan fingerprint density at radius 1 is 1.15 bits per heavy atom. The third-order valence-electron chi connectivity index (χ3n) is 4.32. The highest BCUT2D eigenvalue weighted by molar-refractivity contribution is 7.98. The van der Waals surface area contributed by atoms with Gasteiger partial charge in [0.2, 0.25) is 5.89 Å². The molecular weight excluding hydrogens is 384 g/mol. The number of furan rings is 1. The first-order valence-corrected chi connectivity index (χ1v) is 9.60. The van der Waals surface area contributed by atoms with Crippen molar-refractivity contribution in [3.63, 3.8) is 0 Å². The number of fused-ring (bicyclic) bond motifs is 3. The third kappa shape index (κ3) is 2.89. The molecule has 0 aliphatic rings. The molecule has 0 saturated heterocycles. The number of nitrogens with zero attached hydrogens (tertiary/aromatic N) is 4. The zero-order valence-electron chi connectivity index (χ0n) is 14.2. The fourth-order valence-electron chi connectivity index (χ4n) is 2.93. The minimum absolute atomic E-state index is 0.587. The average molecular weight is 397 g/mol. The van der Waals surface area contributed by atoms with E-state index < -0.39 is 0 Å². The molecule has 8 heteroatoms. The van der Waals surface area contributed by atoms with Gasteiger partial charge >= 0.3 is 0 Å². The maximum Gasteiger partial charge on any atom is 0.226 e. The molecule has 0 radical (unpaired) electrons. The van der Waals surface area contributed by atoms with Crippen LogP contribution in [0.5, 0.6) is 0 Å². The largest absolute Gasteiger partial charge is 0.463 e. The first-order valence-electron chi connectivity index (χ1n) is 8.24. The molecule has 0 saturated carbocycles. The number of aromatic nitrogens is 4. The van der Waals surface area contributed by atoms with Crippen LogP contribution in [0, 0.1) is 6.92 Å². The molecule has 0 N–H and O–H groups in total. The number of halogens is 1. The molecule has 0 aliphatic carbocycles. The van der Waals surface area contributed by atoms with E-state index in [2.05, 4.69) is 15.2 Å². The van der Waals surface area contributed by atoms with E-state index in [9.17, 15) is 0 Å². The van der Waals surface area contributed by atoms with E-state index in [0.29, 0.717) is 16.7 Å². The Kier molecular flexibility index (Phi) is 3.91. The fraction of sp³-hybridized carbons (Fsp3) is 0.105. The van der Waals surface area contributed by atoms with Gasteiger partial charge in [0.05, 0.1) is 23.0 Å². The highest BCUT2D eigenvalue weighted by Gasteiger charge is 2.15. The number of rotatable bonds is 4. The van der Waals surface area contributed by atoms with Gasteiger partial charge < -0.3 is 8.83 Å². The van der Waals surface area contributed by atoms with Crippen molar-refractivity contribution in [3.05, 3.63) is 65.5 Å². The number of aryl methyl sites for hydroxylation is 1. The minimum atomic E-state index is 0.587. The van der Waals surface area contributed by atoms with Crippen molar-refractivity contribution in [2.75, 3.05) is 0 Å². The van der Waals surface area contributed by atoms with Crippen LogP contribution in [0.15, 0.2) is 62.8 Å². The lowest BCUT2D eigenvalue weighted by Crippen LogP contribution is -1.94. The second-order valence-electron chi connectivity index (χ2n) is 6.02. The lowest BCUT2D eigenvalue weighted by Gasteiger charge is -2.01. The van der Waals surface area contributed by atoms with Gasteiger partial charge in [0.15, 0.2) is 5.58 Å². The molecule has 134 valence electrons. The molecule has 1 aromatic carbocycles. The Morgan fingerprint density at radius 2 is 2.00 bits per heavy atom. The summed E-state index contributed by atoms with van der Waals surface area (Å²) in [5, 5.41) is 9.88. The topological polar surface area (TPSA) is 69.4 Å². The molecule has 0 atom stereocenters. The summed E-state index contributed by atoms with van der Waals surface area (Å²) in [7, 11) is 0. The maximum absolute atomic E-state index is 5.95. The second-order valence-corrected chi connectivity index (χ2v) is 7.42. The zero-order valence-corrected chi connectivity index (χ0v) is 15.8. The number of oxazole rings is 1. The molecule has 4 aromatic heterocycles. The minimum Gasteiger partial charge on any atom is -0.463 e. The molecule has 0 unspecified atom stereocenters. The van der Waals surface area contributed by atoms with Crippen molar-refractivity contribution in [3.8, 4) is 11.5 Å². The third-order valence-corrected chi connectivity index (χ3v) is 5.56. The first-order chi connectivity index (χ1) is 13.2. The van der Waals surface area contributed by atoms with Gasteiger partial charge in [0.1, 0.15) is 17.1 Å². The Bertz CT molecular complexity index is 1260. The molecule has 0 spiro atoms. The van der Waals surface area contributed by atoms with Crippen LogP contribution in [-0.4, -0.2) is 19.6 Å². The number of thioether (sulfide) groups is 1. The SMILES string of the molecule is Cc1oc(-c2ccc(Cl)cc2)nc1CSc1nncn2c1cc1occc12. The van der Waals surface area contributed by atoms with E-state index in [1.54, 1.807) is 24.4 Å². The Hall–Kier alpha value is -2.77. The number of hydrogen-bond donors (Lipinski definition) is 0. The first kappa shape index (κ1) is 16.4. The standard InChI is InChI=1S/C19H13ClN4O2S/c1-11-14(22-18(26-11)12-2-4-13(20)5-3-12)9-27-19-16-8-17-15(6-7-25-17)24(16)10-21-23-19/h2-8,10H,9H2,1H3. The summed E-state index contributed by atoms with van der Waals surface area (Å²) < 4.78 is 13.3. The summed E-state index contributed by atoms with van der Waals surface area (Å²) in [5.41, 5.74) is 4.53. The molecule has 0 amide bonds. The van der Waals surface area contributed by atoms with E-state index in [-0.39, 0.29) is 0 Å². The molecule has 27 heavy (non-hydrogen) atoms. The molecule has 6 nitrogen and oxygen atoms in total. The summed E-state index contributed by atoms with van der Waals surface area (Å²) in [5.74, 6) is 2.00. The molecule has 0 aliphatic heterocycles. The van der Waals surface area contributed by atoms with Crippen LogP contribution in [-0.2, 0) is 5.75 Å². The second kappa shape index (κ2) is 6.44. The van der Waals surface area contributed by atoms with Gasteiger partial charge in [-0.15, -0.1) is 10.2 Å². The zero-order chi connectivity index (χ0) is 18.4. The molecule has 0 bridgehead atoms. The van der Waals surface area contributed by atoms with Crippen molar-refractivity contribution >= 4 is 40.0 Å². The predicted molar refractivity (Wildman–Crippen MR) is 104 cm³/mol.